The molecule has 1 saturated heterocycles. The summed E-state index contributed by atoms with van der Waals surface area (Å²) < 4.78 is 224. The number of ether oxygens (including phenoxy) is 3. The van der Waals surface area contributed by atoms with E-state index in [1.807, 2.05) is 48.5 Å². The van der Waals surface area contributed by atoms with Crippen LogP contribution in [0.3, 0.4) is 0 Å². The minimum absolute atomic E-state index is 0.0803. The first-order chi connectivity index (χ1) is 66.6. The van der Waals surface area contributed by atoms with E-state index in [9.17, 15) is 70.2 Å². The second-order valence-electron chi connectivity index (χ2n) is 42.3. The van der Waals surface area contributed by atoms with E-state index in [2.05, 4.69) is 84.4 Å². The van der Waals surface area contributed by atoms with Crippen LogP contribution in [0, 0.1) is 165 Å². The summed E-state index contributed by atoms with van der Waals surface area (Å²) in [5.41, 5.74) is 9.94. The van der Waals surface area contributed by atoms with Crippen molar-refractivity contribution in [2.75, 3.05) is 13.2 Å². The van der Waals surface area contributed by atoms with Crippen molar-refractivity contribution < 1.29 is 84.5 Å². The minimum Gasteiger partial charge on any atom is -0.406 e. The maximum absolute atomic E-state index is 13.7. The first-order valence-electron chi connectivity index (χ1n) is 52.3. The van der Waals surface area contributed by atoms with Crippen LogP contribution in [0.5, 0.6) is 5.75 Å². The molecule has 0 aromatic heterocycles. The molecular formula is C120H150F16O3. The Kier molecular flexibility index (Phi) is 44.2. The fraction of sp³-hybridized carbons (Fsp3) is 0.550. The number of alkyl halides is 3. The molecule has 19 heteroatoms. The van der Waals surface area contributed by atoms with E-state index in [4.69, 9.17) is 9.47 Å². The molecule has 139 heavy (non-hydrogen) atoms. The van der Waals surface area contributed by atoms with E-state index < -0.39 is 88.3 Å². The van der Waals surface area contributed by atoms with Crippen molar-refractivity contribution in [2.45, 2.75) is 325 Å². The summed E-state index contributed by atoms with van der Waals surface area (Å²) in [6.45, 7) is 20.9. The van der Waals surface area contributed by atoms with Crippen LogP contribution in [0.1, 0.15) is 325 Å². The number of hydrogen-bond acceptors (Lipinski definition) is 3. The van der Waals surface area contributed by atoms with Crippen LogP contribution in [0.25, 0.3) is 33.4 Å². The zero-order valence-corrected chi connectivity index (χ0v) is 83.4. The Morgan fingerprint density at radius 2 is 0.619 bits per heavy atom. The standard InChI is InChI=1S/C22H31F3O.C21H29F3.C20H23F3.C20H22F2.C20H24F2.C17H21F3O2/c1-16-2-10-19(11-3-16)20-12-6-17(7-13-20)4-5-18-8-14-21(15-9-18)26-22(23,24)25;1-14-2-8-17(9-3-14)18-10-6-15(7-11-18)4-5-16-12-19(22)21(24)20(23)13-16;1-3-5-14(2)6-4-7-15-8-10-16(11-9-15)17-12-18(21)20(23)19(22)13-17;1-13-3-5-15(6-4-13)16-7-9-17(10-8-16)18-11-19(21)14(2)20(22)12-18;1-3-5-15(2)6-4-7-16-8-10-17(11-9-16)18-12-13-19(21)20(22)14-18;1-10-2-4-11(5-3-10)13-8-21-17(22-9-13)12-6-14(18)16(20)15(19)7-12/h8-9,14-17,19-20H,2-7,10-13H2,1H3;12-15,17-18H,2-11H2,1H3;8-14H,3-7H2,1-2H3;7-13,15H,3-6H2,1-2H3;8-15H,3-7H2,1-2H3;6-7,10-11,13,17H,2-5,8-9H2,1H3. The van der Waals surface area contributed by atoms with Crippen LogP contribution in [-0.4, -0.2) is 19.6 Å². The molecule has 9 aromatic carbocycles. The maximum Gasteiger partial charge on any atom is 0.573 e. The second kappa shape index (κ2) is 55.4. The predicted octanol–water partition coefficient (Wildman–Crippen LogP) is 37.6. The van der Waals surface area contributed by atoms with E-state index in [0.717, 1.165) is 157 Å². The van der Waals surface area contributed by atoms with Gasteiger partial charge in [0, 0.05) is 17.0 Å². The van der Waals surface area contributed by atoms with Crippen molar-refractivity contribution in [2.24, 2.45) is 82.9 Å². The van der Waals surface area contributed by atoms with E-state index in [1.54, 1.807) is 18.2 Å². The van der Waals surface area contributed by atoms with E-state index in [1.165, 1.54) is 259 Å². The van der Waals surface area contributed by atoms with Crippen molar-refractivity contribution in [3.05, 3.63) is 278 Å². The Hall–Kier alpha value is -8.42. The van der Waals surface area contributed by atoms with Gasteiger partial charge in [-0.2, -0.15) is 0 Å². The quantitative estimate of drug-likeness (QED) is 0.0379. The SMILES string of the molecule is CC1CCC(C2CCC(CCc3cc(F)c(F)c(F)c3)CC2)CC1.CC1CCC(C2CCC(CCc3ccc(OC(F)(F)F)cc3)CC2)CC1.CC1CCC(C2COC(c3cc(F)c(F)c(F)c3)OC2)CC1.CCCC(C)CCCc1ccc(-c2cc(F)c(F)c(F)c2)cc1.CCCC(C)CCCc1ccc(-c2ccc(F)c(F)c2)cc1.Cc1c(F)cc(-c2ccc(C3CCC(C)CC3)cc2)cc1F. The molecule has 2 unspecified atom stereocenters. The van der Waals surface area contributed by atoms with E-state index >= 15 is 0 Å². The molecular weight excluding hydrogens is 1790 g/mol. The summed E-state index contributed by atoms with van der Waals surface area (Å²) in [6, 6.07) is 43.4. The molecule has 760 valence electrons. The third-order valence-electron chi connectivity index (χ3n) is 31.4. The van der Waals surface area contributed by atoms with Crippen molar-refractivity contribution in [1.29, 1.82) is 0 Å². The van der Waals surface area contributed by atoms with E-state index in [0.29, 0.717) is 71.1 Å². The molecule has 1 aliphatic heterocycles. The Balaban J connectivity index is 0.000000160. The zero-order valence-electron chi connectivity index (χ0n) is 83.4. The predicted molar refractivity (Wildman–Crippen MR) is 529 cm³/mol. The molecule has 2 atom stereocenters. The first kappa shape index (κ1) is 111. The van der Waals surface area contributed by atoms with Crippen LogP contribution in [0.4, 0.5) is 70.2 Å². The van der Waals surface area contributed by atoms with Gasteiger partial charge in [-0.3, -0.25) is 0 Å². The van der Waals surface area contributed by atoms with Gasteiger partial charge < -0.3 is 14.2 Å². The number of hydrogen-bond donors (Lipinski definition) is 0. The molecule has 0 N–H and O–H groups in total. The highest BCUT2D eigenvalue weighted by Crippen LogP contribution is 2.46. The highest BCUT2D eigenvalue weighted by atomic mass is 19.4. The van der Waals surface area contributed by atoms with Gasteiger partial charge in [0.05, 0.1) is 13.2 Å². The molecule has 9 aromatic rings. The van der Waals surface area contributed by atoms with Crippen molar-refractivity contribution in [3.63, 3.8) is 0 Å². The zero-order chi connectivity index (χ0) is 99.8. The molecule has 3 nitrogen and oxygen atoms in total. The van der Waals surface area contributed by atoms with Gasteiger partial charge >= 0.3 is 6.36 Å². The molecule has 7 aliphatic rings. The minimum atomic E-state index is -4.61. The molecule has 0 spiro atoms. The van der Waals surface area contributed by atoms with Gasteiger partial charge in [-0.15, -0.1) is 13.2 Å². The third-order valence-corrected chi connectivity index (χ3v) is 31.4. The van der Waals surface area contributed by atoms with Gasteiger partial charge in [0.2, 0.25) is 0 Å². The monoisotopic (exact) mass is 1940 g/mol. The molecule has 6 saturated carbocycles. The van der Waals surface area contributed by atoms with Crippen molar-refractivity contribution in [3.8, 4) is 39.1 Å². The Bertz CT molecular complexity index is 5020. The van der Waals surface area contributed by atoms with Gasteiger partial charge in [-0.1, -0.05) is 262 Å². The molecule has 16 rings (SSSR count). The van der Waals surface area contributed by atoms with Crippen LogP contribution in [-0.2, 0) is 35.2 Å². The largest absolute Gasteiger partial charge is 0.573 e. The van der Waals surface area contributed by atoms with Crippen molar-refractivity contribution in [1.82, 2.24) is 0 Å². The summed E-state index contributed by atoms with van der Waals surface area (Å²) in [4.78, 5) is 0. The summed E-state index contributed by atoms with van der Waals surface area (Å²) in [5, 5.41) is 0. The van der Waals surface area contributed by atoms with Gasteiger partial charge in [0.1, 0.15) is 17.4 Å². The van der Waals surface area contributed by atoms with Gasteiger partial charge in [0.15, 0.2) is 70.3 Å². The number of benzene rings is 9. The summed E-state index contributed by atoms with van der Waals surface area (Å²) in [5.74, 6) is -2.09. The molecule has 0 radical (unpaired) electrons. The fourth-order valence-corrected chi connectivity index (χ4v) is 22.3. The Morgan fingerprint density at radius 1 is 0.302 bits per heavy atom. The molecule has 6 aliphatic carbocycles. The highest BCUT2D eigenvalue weighted by Gasteiger charge is 2.36. The van der Waals surface area contributed by atoms with Crippen LogP contribution in [0.2, 0.25) is 0 Å². The van der Waals surface area contributed by atoms with Crippen LogP contribution < -0.4 is 4.74 Å². The Labute approximate surface area is 818 Å². The van der Waals surface area contributed by atoms with Gasteiger partial charge in [-0.25, -0.2) is 57.1 Å². The lowest BCUT2D eigenvalue weighted by Crippen LogP contribution is -2.34. The number of halogens is 16. The average molecular weight is 1940 g/mol. The lowest BCUT2D eigenvalue weighted by molar-refractivity contribution is -0.274. The topological polar surface area (TPSA) is 27.7 Å². The van der Waals surface area contributed by atoms with Crippen LogP contribution >= 0.6 is 0 Å². The average Bonchev–Trinajstić information content (AvgIpc) is 0.818. The maximum atomic E-state index is 13.7. The van der Waals surface area contributed by atoms with Gasteiger partial charge in [-0.05, 0) is 352 Å². The lowest BCUT2D eigenvalue weighted by Gasteiger charge is -2.37. The normalized spacial score (nSPS) is 23.7. The molecule has 1 heterocycles. The number of aryl methyl sites for hydroxylation is 4. The summed E-state index contributed by atoms with van der Waals surface area (Å²) in [7, 11) is 0. The number of rotatable bonds is 27. The second-order valence-corrected chi connectivity index (χ2v) is 42.3. The summed E-state index contributed by atoms with van der Waals surface area (Å²) >= 11 is 0. The van der Waals surface area contributed by atoms with Crippen molar-refractivity contribution >= 4 is 0 Å². The van der Waals surface area contributed by atoms with Gasteiger partial charge in [0.25, 0.3) is 0 Å². The molecule has 7 fully saturated rings. The molecule has 0 amide bonds. The fourth-order valence-electron chi connectivity index (χ4n) is 22.3. The van der Waals surface area contributed by atoms with E-state index in [-0.39, 0.29) is 16.9 Å². The Morgan fingerprint density at radius 3 is 1.01 bits per heavy atom. The first-order valence-corrected chi connectivity index (χ1v) is 52.3. The third kappa shape index (κ3) is 35.5. The van der Waals surface area contributed by atoms with Crippen LogP contribution in [0.15, 0.2) is 164 Å². The lowest BCUT2D eigenvalue weighted by atomic mass is 9.69. The smallest absolute Gasteiger partial charge is 0.406 e. The summed E-state index contributed by atoms with van der Waals surface area (Å²) in [6.07, 6.45) is 41.9. The molecule has 0 bridgehead atoms. The highest BCUT2D eigenvalue weighted by molar-refractivity contribution is 5.66.